The van der Waals surface area contributed by atoms with Crippen LogP contribution in [0, 0.1) is 34.0 Å². The molecule has 0 spiro atoms. The number of rotatable bonds is 3. The highest BCUT2D eigenvalue weighted by atomic mass is 35.5. The van der Waals surface area contributed by atoms with Crippen molar-refractivity contribution in [1.29, 1.82) is 15.8 Å². The third kappa shape index (κ3) is 5.15. The summed E-state index contributed by atoms with van der Waals surface area (Å²) in [5, 5.41) is 30.8. The normalized spacial score (nSPS) is 15.3. The SMILES string of the molecule is CC1(C)c2cc(-c3ccccc3C#N)cc3c2N2c4c1cc(-c1ccccc1C#N)cc4C(C)(C)c1cc(-c4ccccc4C#N)cc(c12)C3(C)C.ClCCl. The van der Waals surface area contributed by atoms with Gasteiger partial charge in [0, 0.05) is 16.2 Å². The second-order valence-corrected chi connectivity index (χ2v) is 16.9. The molecule has 4 nitrogen and oxygen atoms in total. The standard InChI is InChI=1S/C48H36N4.CH2Cl2/c1-46(2)37-19-31(34-16-10-7-13-28(34)25-49)21-39-43(37)52-44-38(46)20-32(35-17-11-8-14-29(35)26-50)22-40(44)48(5,6)42-24-33(23-41(45(42)52)47(39,3)4)36-18-12-9-15-30(36)27-51;2-1-3/h7-24H,1-6H3;1H2. The summed E-state index contributed by atoms with van der Waals surface area (Å²) in [6.45, 7) is 13.9. The van der Waals surface area contributed by atoms with Crippen LogP contribution < -0.4 is 4.90 Å². The van der Waals surface area contributed by atoms with Crippen molar-refractivity contribution >= 4 is 40.3 Å². The van der Waals surface area contributed by atoms with Crippen LogP contribution in [0.25, 0.3) is 33.4 Å². The summed E-state index contributed by atoms with van der Waals surface area (Å²) < 4.78 is 0. The van der Waals surface area contributed by atoms with Crippen molar-refractivity contribution in [2.75, 3.05) is 10.2 Å². The van der Waals surface area contributed by atoms with E-state index in [2.05, 4.69) is 101 Å². The lowest BCUT2D eigenvalue weighted by molar-refractivity contribution is 0.567. The van der Waals surface area contributed by atoms with Crippen molar-refractivity contribution in [3.63, 3.8) is 0 Å². The van der Waals surface area contributed by atoms with Crippen LogP contribution in [-0.4, -0.2) is 5.34 Å². The Morgan fingerprint density at radius 2 is 0.655 bits per heavy atom. The van der Waals surface area contributed by atoms with E-state index in [0.29, 0.717) is 16.7 Å². The van der Waals surface area contributed by atoms with Crippen molar-refractivity contribution in [2.24, 2.45) is 0 Å². The van der Waals surface area contributed by atoms with Gasteiger partial charge in [-0.1, -0.05) is 96.1 Å². The van der Waals surface area contributed by atoms with E-state index < -0.39 is 16.2 Å². The predicted molar refractivity (Wildman–Crippen MR) is 225 cm³/mol. The lowest BCUT2D eigenvalue weighted by atomic mass is 9.59. The monoisotopic (exact) mass is 752 g/mol. The second kappa shape index (κ2) is 12.9. The molecule has 9 rings (SSSR count). The van der Waals surface area contributed by atoms with Crippen LogP contribution in [0.3, 0.4) is 0 Å². The molecule has 6 aromatic carbocycles. The van der Waals surface area contributed by atoms with E-state index in [1.807, 2.05) is 72.8 Å². The molecule has 0 bridgehead atoms. The Hall–Kier alpha value is -5.83. The maximum atomic E-state index is 10.2. The lowest BCUT2D eigenvalue weighted by Gasteiger charge is -2.55. The first-order valence-electron chi connectivity index (χ1n) is 18.3. The van der Waals surface area contributed by atoms with E-state index in [-0.39, 0.29) is 5.34 Å². The Morgan fingerprint density at radius 1 is 0.436 bits per heavy atom. The molecule has 6 heteroatoms. The molecule has 3 heterocycles. The first kappa shape index (κ1) is 36.2. The Morgan fingerprint density at radius 3 is 0.873 bits per heavy atom. The zero-order valence-corrected chi connectivity index (χ0v) is 33.2. The fraction of sp³-hybridized carbons (Fsp3) is 0.204. The van der Waals surface area contributed by atoms with Crippen LogP contribution in [0.5, 0.6) is 0 Å². The molecule has 0 aliphatic carbocycles. The summed E-state index contributed by atoms with van der Waals surface area (Å²) in [6.07, 6.45) is 0. The third-order valence-electron chi connectivity index (χ3n) is 12.1. The minimum atomic E-state index is -0.424. The predicted octanol–water partition coefficient (Wildman–Crippen LogP) is 13.1. The number of hydrogen-bond donors (Lipinski definition) is 0. The highest BCUT2D eigenvalue weighted by molar-refractivity contribution is 6.40. The molecule has 3 aliphatic heterocycles. The molecular weight excluding hydrogens is 715 g/mol. The van der Waals surface area contributed by atoms with Gasteiger partial charge in [-0.2, -0.15) is 15.8 Å². The van der Waals surface area contributed by atoms with E-state index >= 15 is 0 Å². The average Bonchev–Trinajstić information content (AvgIpc) is 3.19. The van der Waals surface area contributed by atoms with Gasteiger partial charge in [0.05, 0.1) is 57.3 Å². The fourth-order valence-electron chi connectivity index (χ4n) is 9.22. The first-order valence-corrected chi connectivity index (χ1v) is 19.4. The number of hydrogen-bond acceptors (Lipinski definition) is 4. The van der Waals surface area contributed by atoms with Crippen LogP contribution >= 0.6 is 23.2 Å². The van der Waals surface area contributed by atoms with Gasteiger partial charge in [0.25, 0.3) is 0 Å². The van der Waals surface area contributed by atoms with E-state index in [9.17, 15) is 15.8 Å². The van der Waals surface area contributed by atoms with Gasteiger partial charge in [0.2, 0.25) is 0 Å². The molecule has 0 radical (unpaired) electrons. The summed E-state index contributed by atoms with van der Waals surface area (Å²) >= 11 is 9.53. The molecule has 0 amide bonds. The zero-order valence-electron chi connectivity index (χ0n) is 31.6. The quantitative estimate of drug-likeness (QED) is 0.169. The van der Waals surface area contributed by atoms with Crippen LogP contribution in [0.2, 0.25) is 0 Å². The second-order valence-electron chi connectivity index (χ2n) is 16.0. The summed E-state index contributed by atoms with van der Waals surface area (Å²) in [5.74, 6) is 0. The maximum absolute atomic E-state index is 10.2. The number of anilines is 3. The topological polar surface area (TPSA) is 74.6 Å². The summed E-state index contributed by atoms with van der Waals surface area (Å²) in [7, 11) is 0. The van der Waals surface area contributed by atoms with Crippen LogP contribution in [-0.2, 0) is 16.2 Å². The minimum absolute atomic E-state index is 0.194. The molecule has 0 saturated heterocycles. The Labute approximate surface area is 333 Å². The molecule has 0 saturated carbocycles. The fourth-order valence-corrected chi connectivity index (χ4v) is 9.22. The number of alkyl halides is 2. The number of halogens is 2. The molecule has 0 unspecified atom stereocenters. The van der Waals surface area contributed by atoms with E-state index in [1.165, 1.54) is 50.4 Å². The van der Waals surface area contributed by atoms with Gasteiger partial charge in [-0.25, -0.2) is 0 Å². The van der Waals surface area contributed by atoms with Gasteiger partial charge in [-0.15, -0.1) is 23.2 Å². The highest BCUT2D eigenvalue weighted by Gasteiger charge is 2.52. The van der Waals surface area contributed by atoms with E-state index in [4.69, 9.17) is 23.2 Å². The van der Waals surface area contributed by atoms with Crippen molar-refractivity contribution in [2.45, 2.75) is 57.8 Å². The lowest BCUT2D eigenvalue weighted by Crippen LogP contribution is -2.43. The third-order valence-corrected chi connectivity index (χ3v) is 12.1. The average molecular weight is 754 g/mol. The Kier molecular flexibility index (Phi) is 8.48. The first-order chi connectivity index (χ1) is 26.3. The Balaban J connectivity index is 0.00000138. The molecule has 0 aromatic heterocycles. The molecule has 6 aromatic rings. The molecule has 55 heavy (non-hydrogen) atoms. The molecule has 268 valence electrons. The van der Waals surface area contributed by atoms with Crippen molar-refractivity contribution < 1.29 is 0 Å². The van der Waals surface area contributed by atoms with Crippen molar-refractivity contribution in [3.8, 4) is 51.6 Å². The number of benzene rings is 6. The molecule has 3 aliphatic rings. The van der Waals surface area contributed by atoms with Crippen LogP contribution in [0.1, 0.15) is 91.6 Å². The molecule has 0 fully saturated rings. The highest BCUT2D eigenvalue weighted by Crippen LogP contribution is 2.67. The Bertz CT molecular complexity index is 2360. The van der Waals surface area contributed by atoms with Crippen molar-refractivity contribution in [3.05, 3.63) is 159 Å². The smallest absolute Gasteiger partial charge is 0.0998 e. The van der Waals surface area contributed by atoms with Gasteiger partial charge in [-0.05, 0) is 121 Å². The minimum Gasteiger partial charge on any atom is -0.309 e. The van der Waals surface area contributed by atoms with Gasteiger partial charge >= 0.3 is 0 Å². The van der Waals surface area contributed by atoms with Gasteiger partial charge in [0.15, 0.2) is 0 Å². The zero-order chi connectivity index (χ0) is 39.0. The van der Waals surface area contributed by atoms with E-state index in [0.717, 1.165) is 33.4 Å². The summed E-state index contributed by atoms with van der Waals surface area (Å²) in [5.41, 5.74) is 17.4. The van der Waals surface area contributed by atoms with Gasteiger partial charge < -0.3 is 4.90 Å². The van der Waals surface area contributed by atoms with Crippen LogP contribution in [0.4, 0.5) is 17.1 Å². The summed E-state index contributed by atoms with van der Waals surface area (Å²) in [4.78, 5) is 2.53. The molecule has 0 atom stereocenters. The van der Waals surface area contributed by atoms with Gasteiger partial charge in [0.1, 0.15) is 0 Å². The summed E-state index contributed by atoms with van der Waals surface area (Å²) in [6, 6.07) is 44.8. The number of nitrogens with zero attached hydrogens (tertiary/aromatic N) is 4. The largest absolute Gasteiger partial charge is 0.309 e. The molecular formula is C49H38Cl2N4. The van der Waals surface area contributed by atoms with Gasteiger partial charge in [-0.3, -0.25) is 0 Å². The molecule has 0 N–H and O–H groups in total. The maximum Gasteiger partial charge on any atom is 0.0998 e. The van der Waals surface area contributed by atoms with Crippen molar-refractivity contribution in [1.82, 2.24) is 0 Å². The van der Waals surface area contributed by atoms with Crippen LogP contribution in [0.15, 0.2) is 109 Å². The number of nitriles is 3. The van der Waals surface area contributed by atoms with E-state index in [1.54, 1.807) is 0 Å².